The summed E-state index contributed by atoms with van der Waals surface area (Å²) in [5.41, 5.74) is 3.16. The summed E-state index contributed by atoms with van der Waals surface area (Å²) in [4.78, 5) is 17.3. The summed E-state index contributed by atoms with van der Waals surface area (Å²) < 4.78 is 5.27. The lowest BCUT2D eigenvalue weighted by molar-refractivity contribution is 0.0996. The standard InChI is InChI=1S/C23H30N4O2/c1-3-26(2)13-7-8-18-9-11-20(21(16-18)27-14-5-4-6-15-27)25-23(28)22-12-10-19(17-24)29-22/h9-12,16H,3-8,13-15H2,1-2H3,(H,25,28). The Labute approximate surface area is 173 Å². The van der Waals surface area contributed by atoms with Crippen LogP contribution in [0.2, 0.25) is 0 Å². The zero-order chi connectivity index (χ0) is 20.6. The second-order valence-corrected chi connectivity index (χ2v) is 7.63. The number of hydrogen-bond donors (Lipinski definition) is 1. The molecule has 1 saturated heterocycles. The van der Waals surface area contributed by atoms with Crippen LogP contribution in [0.5, 0.6) is 0 Å². The van der Waals surface area contributed by atoms with E-state index in [-0.39, 0.29) is 17.4 Å². The number of anilines is 2. The molecule has 0 bridgehead atoms. The zero-order valence-corrected chi connectivity index (χ0v) is 17.4. The number of nitrogens with one attached hydrogen (secondary N) is 1. The van der Waals surface area contributed by atoms with Gasteiger partial charge >= 0.3 is 0 Å². The smallest absolute Gasteiger partial charge is 0.291 e. The van der Waals surface area contributed by atoms with Gasteiger partial charge in [0.1, 0.15) is 6.07 Å². The van der Waals surface area contributed by atoms with Crippen LogP contribution in [0.25, 0.3) is 0 Å². The Hall–Kier alpha value is -2.78. The van der Waals surface area contributed by atoms with Gasteiger partial charge in [0.15, 0.2) is 5.76 Å². The van der Waals surface area contributed by atoms with Crippen LogP contribution in [0, 0.1) is 11.3 Å². The lowest BCUT2D eigenvalue weighted by atomic mass is 10.0. The monoisotopic (exact) mass is 394 g/mol. The molecular formula is C23H30N4O2. The van der Waals surface area contributed by atoms with E-state index in [1.807, 2.05) is 12.1 Å². The minimum Gasteiger partial charge on any atom is -0.440 e. The summed E-state index contributed by atoms with van der Waals surface area (Å²) in [6.45, 7) is 6.32. The molecule has 1 N–H and O–H groups in total. The van der Waals surface area contributed by atoms with Gasteiger partial charge in [0, 0.05) is 13.1 Å². The molecule has 0 saturated carbocycles. The van der Waals surface area contributed by atoms with Gasteiger partial charge in [-0.25, -0.2) is 0 Å². The Morgan fingerprint density at radius 2 is 2.03 bits per heavy atom. The molecule has 2 aromatic rings. The summed E-state index contributed by atoms with van der Waals surface area (Å²) in [5.74, 6) is -0.0429. The number of piperidine rings is 1. The van der Waals surface area contributed by atoms with Gasteiger partial charge < -0.3 is 19.5 Å². The quantitative estimate of drug-likeness (QED) is 0.723. The maximum Gasteiger partial charge on any atom is 0.291 e. The van der Waals surface area contributed by atoms with Crippen molar-refractivity contribution in [2.75, 3.05) is 43.4 Å². The van der Waals surface area contributed by atoms with E-state index in [1.165, 1.54) is 37.0 Å². The summed E-state index contributed by atoms with van der Waals surface area (Å²) in [6.07, 6.45) is 5.72. The van der Waals surface area contributed by atoms with E-state index in [1.54, 1.807) is 0 Å². The van der Waals surface area contributed by atoms with Crippen molar-refractivity contribution >= 4 is 17.3 Å². The van der Waals surface area contributed by atoms with E-state index in [0.717, 1.165) is 50.4 Å². The van der Waals surface area contributed by atoms with Gasteiger partial charge in [0.25, 0.3) is 5.91 Å². The van der Waals surface area contributed by atoms with Gasteiger partial charge in [-0.15, -0.1) is 0 Å². The molecule has 154 valence electrons. The van der Waals surface area contributed by atoms with E-state index in [9.17, 15) is 4.79 Å². The molecule has 1 fully saturated rings. The first-order valence-electron chi connectivity index (χ1n) is 10.5. The van der Waals surface area contributed by atoms with Crippen LogP contribution in [0.3, 0.4) is 0 Å². The van der Waals surface area contributed by atoms with Crippen molar-refractivity contribution in [1.29, 1.82) is 5.26 Å². The molecule has 6 nitrogen and oxygen atoms in total. The fourth-order valence-electron chi connectivity index (χ4n) is 3.65. The van der Waals surface area contributed by atoms with Crippen molar-refractivity contribution < 1.29 is 9.21 Å². The molecule has 0 aliphatic carbocycles. The van der Waals surface area contributed by atoms with Crippen molar-refractivity contribution in [3.05, 3.63) is 47.4 Å². The number of carbonyl (C=O) groups excluding carboxylic acids is 1. The van der Waals surface area contributed by atoms with Gasteiger partial charge in [-0.05, 0) is 82.1 Å². The van der Waals surface area contributed by atoms with E-state index in [2.05, 4.69) is 41.2 Å². The van der Waals surface area contributed by atoms with Crippen molar-refractivity contribution in [3.63, 3.8) is 0 Å². The zero-order valence-electron chi connectivity index (χ0n) is 17.4. The first kappa shape index (κ1) is 20.9. The van der Waals surface area contributed by atoms with Crippen LogP contribution in [0.15, 0.2) is 34.7 Å². The van der Waals surface area contributed by atoms with Crippen LogP contribution in [-0.2, 0) is 6.42 Å². The van der Waals surface area contributed by atoms with Gasteiger partial charge in [0.05, 0.1) is 11.4 Å². The number of nitrogens with zero attached hydrogens (tertiary/aromatic N) is 3. The van der Waals surface area contributed by atoms with E-state index in [4.69, 9.17) is 9.68 Å². The third-order valence-corrected chi connectivity index (χ3v) is 5.49. The Bertz CT molecular complexity index is 862. The second kappa shape index (κ2) is 10.1. The largest absolute Gasteiger partial charge is 0.440 e. The molecule has 6 heteroatoms. The van der Waals surface area contributed by atoms with Crippen LogP contribution < -0.4 is 10.2 Å². The van der Waals surface area contributed by atoms with Crippen LogP contribution in [-0.4, -0.2) is 44.0 Å². The summed E-state index contributed by atoms with van der Waals surface area (Å²) in [5, 5.41) is 11.9. The molecule has 1 aromatic heterocycles. The van der Waals surface area contributed by atoms with E-state index in [0.29, 0.717) is 0 Å². The number of furan rings is 1. The molecule has 0 unspecified atom stereocenters. The lowest BCUT2D eigenvalue weighted by Crippen LogP contribution is -2.30. The first-order valence-corrected chi connectivity index (χ1v) is 10.5. The maximum atomic E-state index is 12.6. The van der Waals surface area contributed by atoms with Crippen molar-refractivity contribution in [2.24, 2.45) is 0 Å². The third-order valence-electron chi connectivity index (χ3n) is 5.49. The fourth-order valence-corrected chi connectivity index (χ4v) is 3.65. The third kappa shape index (κ3) is 5.61. The Balaban J connectivity index is 1.77. The predicted octanol–water partition coefficient (Wildman–Crippen LogP) is 4.28. The number of nitriles is 1. The SMILES string of the molecule is CCN(C)CCCc1ccc(NC(=O)c2ccc(C#N)o2)c(N2CCCCC2)c1. The molecule has 2 heterocycles. The van der Waals surface area contributed by atoms with E-state index >= 15 is 0 Å². The second-order valence-electron chi connectivity index (χ2n) is 7.63. The van der Waals surface area contributed by atoms with E-state index < -0.39 is 0 Å². The molecule has 0 spiro atoms. The van der Waals surface area contributed by atoms with Crippen LogP contribution in [0.4, 0.5) is 11.4 Å². The number of rotatable bonds is 8. The summed E-state index contributed by atoms with van der Waals surface area (Å²) in [6, 6.07) is 11.3. The highest BCUT2D eigenvalue weighted by molar-refractivity contribution is 6.04. The first-order chi connectivity index (χ1) is 14.1. The highest BCUT2D eigenvalue weighted by atomic mass is 16.3. The number of amides is 1. The minimum absolute atomic E-state index is 0.138. The van der Waals surface area contributed by atoms with Crippen molar-refractivity contribution in [2.45, 2.75) is 39.0 Å². The molecule has 1 aromatic carbocycles. The Kier molecular flexibility index (Phi) is 7.31. The molecular weight excluding hydrogens is 364 g/mol. The van der Waals surface area contributed by atoms with Crippen LogP contribution in [0.1, 0.15) is 54.5 Å². The average Bonchev–Trinajstić information content (AvgIpc) is 3.24. The highest BCUT2D eigenvalue weighted by Gasteiger charge is 2.18. The highest BCUT2D eigenvalue weighted by Crippen LogP contribution is 2.31. The normalized spacial score (nSPS) is 14.1. The molecule has 3 rings (SSSR count). The lowest BCUT2D eigenvalue weighted by Gasteiger charge is -2.31. The topological polar surface area (TPSA) is 72.5 Å². The number of benzene rings is 1. The molecule has 0 radical (unpaired) electrons. The summed E-state index contributed by atoms with van der Waals surface area (Å²) in [7, 11) is 2.14. The molecule has 29 heavy (non-hydrogen) atoms. The maximum absolute atomic E-state index is 12.6. The van der Waals surface area contributed by atoms with Gasteiger partial charge in [-0.2, -0.15) is 5.26 Å². The van der Waals surface area contributed by atoms with Crippen LogP contribution >= 0.6 is 0 Å². The molecule has 1 aliphatic rings. The minimum atomic E-state index is -0.331. The van der Waals surface area contributed by atoms with Crippen molar-refractivity contribution in [1.82, 2.24) is 4.90 Å². The number of hydrogen-bond acceptors (Lipinski definition) is 5. The van der Waals surface area contributed by atoms with Crippen molar-refractivity contribution in [3.8, 4) is 6.07 Å². The number of aryl methyl sites for hydroxylation is 1. The number of carbonyl (C=O) groups is 1. The Morgan fingerprint density at radius 1 is 1.24 bits per heavy atom. The molecule has 1 amide bonds. The molecule has 0 atom stereocenters. The van der Waals surface area contributed by atoms with Gasteiger partial charge in [-0.1, -0.05) is 13.0 Å². The molecule has 1 aliphatic heterocycles. The predicted molar refractivity (Wildman–Crippen MR) is 115 cm³/mol. The Morgan fingerprint density at radius 3 is 2.72 bits per heavy atom. The average molecular weight is 395 g/mol. The van der Waals surface area contributed by atoms with Gasteiger partial charge in [-0.3, -0.25) is 4.79 Å². The fraction of sp³-hybridized carbons (Fsp3) is 0.478. The van der Waals surface area contributed by atoms with Gasteiger partial charge in [0.2, 0.25) is 5.76 Å². The summed E-state index contributed by atoms with van der Waals surface area (Å²) >= 11 is 0.